The fourth-order valence-electron chi connectivity index (χ4n) is 4.73. The Hall–Kier alpha value is -3.02. The molecule has 5 rings (SSSR count). The standard InChI is InChI=1S/C23H24N2O4/c1-5-27-15-9-16-13(2)11-23(3,4)25-21(16)17(10-15)20(22(25)26)24-14-6-7-18-19(8-14)29-12-28-18/h6-10,13H,5,11-12H2,1-4H3. The van der Waals surface area contributed by atoms with Crippen LogP contribution in [0.5, 0.6) is 17.2 Å². The highest BCUT2D eigenvalue weighted by Gasteiger charge is 2.48. The quantitative estimate of drug-likeness (QED) is 0.768. The Balaban J connectivity index is 1.70. The largest absolute Gasteiger partial charge is 0.494 e. The van der Waals surface area contributed by atoms with E-state index in [-0.39, 0.29) is 18.2 Å². The van der Waals surface area contributed by atoms with Crippen LogP contribution in [-0.2, 0) is 4.79 Å². The number of aliphatic imine (C=N–C) groups is 1. The summed E-state index contributed by atoms with van der Waals surface area (Å²) < 4.78 is 16.6. The van der Waals surface area contributed by atoms with Crippen LogP contribution in [0, 0.1) is 0 Å². The minimum absolute atomic E-state index is 0.0653. The van der Waals surface area contributed by atoms with Gasteiger partial charge in [0.1, 0.15) is 11.5 Å². The highest BCUT2D eigenvalue weighted by atomic mass is 16.7. The molecule has 1 unspecified atom stereocenters. The summed E-state index contributed by atoms with van der Waals surface area (Å²) in [7, 11) is 0. The number of amides is 1. The molecule has 1 atom stereocenters. The summed E-state index contributed by atoms with van der Waals surface area (Å²) in [6.07, 6.45) is 0.887. The van der Waals surface area contributed by atoms with Crippen LogP contribution in [0.25, 0.3) is 0 Å². The van der Waals surface area contributed by atoms with Gasteiger partial charge in [-0.15, -0.1) is 0 Å². The summed E-state index contributed by atoms with van der Waals surface area (Å²) in [4.78, 5) is 20.2. The van der Waals surface area contributed by atoms with E-state index >= 15 is 0 Å². The van der Waals surface area contributed by atoms with E-state index in [9.17, 15) is 4.79 Å². The smallest absolute Gasteiger partial charge is 0.278 e. The molecule has 29 heavy (non-hydrogen) atoms. The molecule has 2 aromatic carbocycles. The van der Waals surface area contributed by atoms with Crippen molar-refractivity contribution in [1.82, 2.24) is 0 Å². The van der Waals surface area contributed by atoms with Crippen LogP contribution in [-0.4, -0.2) is 30.6 Å². The van der Waals surface area contributed by atoms with Crippen LogP contribution >= 0.6 is 0 Å². The van der Waals surface area contributed by atoms with E-state index in [0.29, 0.717) is 35.4 Å². The summed E-state index contributed by atoms with van der Waals surface area (Å²) in [5.74, 6) is 2.39. The minimum atomic E-state index is -0.280. The van der Waals surface area contributed by atoms with Crippen LogP contribution in [0.15, 0.2) is 35.3 Å². The lowest BCUT2D eigenvalue weighted by Gasteiger charge is -2.43. The van der Waals surface area contributed by atoms with Crippen molar-refractivity contribution < 1.29 is 19.0 Å². The van der Waals surface area contributed by atoms with Crippen molar-refractivity contribution in [3.63, 3.8) is 0 Å². The van der Waals surface area contributed by atoms with Crippen LogP contribution in [0.3, 0.4) is 0 Å². The monoisotopic (exact) mass is 392 g/mol. The van der Waals surface area contributed by atoms with Gasteiger partial charge in [-0.25, -0.2) is 4.99 Å². The molecule has 3 aliphatic heterocycles. The van der Waals surface area contributed by atoms with E-state index in [1.165, 1.54) is 0 Å². The van der Waals surface area contributed by atoms with Gasteiger partial charge in [-0.05, 0) is 62.9 Å². The van der Waals surface area contributed by atoms with Gasteiger partial charge in [0.2, 0.25) is 6.79 Å². The van der Waals surface area contributed by atoms with Gasteiger partial charge in [0.05, 0.1) is 18.0 Å². The van der Waals surface area contributed by atoms with Gasteiger partial charge in [0, 0.05) is 17.2 Å². The lowest BCUT2D eigenvalue weighted by atomic mass is 9.80. The molecule has 6 nitrogen and oxygen atoms in total. The van der Waals surface area contributed by atoms with Gasteiger partial charge in [-0.3, -0.25) is 4.79 Å². The summed E-state index contributed by atoms with van der Waals surface area (Å²) in [6.45, 7) is 9.19. The molecule has 2 aromatic rings. The number of ether oxygens (including phenoxy) is 3. The molecule has 0 spiro atoms. The van der Waals surface area contributed by atoms with Crippen molar-refractivity contribution in [2.45, 2.75) is 45.6 Å². The fraction of sp³-hybridized carbons (Fsp3) is 0.391. The first-order chi connectivity index (χ1) is 13.9. The Labute approximate surface area is 170 Å². The molecule has 3 heterocycles. The van der Waals surface area contributed by atoms with Crippen LogP contribution in [0.2, 0.25) is 0 Å². The predicted octanol–water partition coefficient (Wildman–Crippen LogP) is 4.57. The van der Waals surface area contributed by atoms with Crippen molar-refractivity contribution in [3.05, 3.63) is 41.5 Å². The summed E-state index contributed by atoms with van der Waals surface area (Å²) in [6, 6.07) is 9.50. The van der Waals surface area contributed by atoms with Gasteiger partial charge in [0.15, 0.2) is 11.5 Å². The molecule has 0 saturated carbocycles. The molecule has 1 amide bonds. The van der Waals surface area contributed by atoms with Gasteiger partial charge >= 0.3 is 0 Å². The highest BCUT2D eigenvalue weighted by molar-refractivity contribution is 6.55. The summed E-state index contributed by atoms with van der Waals surface area (Å²) in [5.41, 5.74) is 3.80. The van der Waals surface area contributed by atoms with Crippen molar-refractivity contribution in [2.24, 2.45) is 4.99 Å². The molecule has 0 aromatic heterocycles. The topological polar surface area (TPSA) is 60.4 Å². The van der Waals surface area contributed by atoms with Crippen molar-refractivity contribution in [2.75, 3.05) is 18.3 Å². The maximum Gasteiger partial charge on any atom is 0.278 e. The Morgan fingerprint density at radius 1 is 1.21 bits per heavy atom. The Morgan fingerprint density at radius 2 is 2.00 bits per heavy atom. The number of hydrogen-bond donors (Lipinski definition) is 0. The van der Waals surface area contributed by atoms with Crippen molar-refractivity contribution in [1.29, 1.82) is 0 Å². The second kappa shape index (κ2) is 6.24. The number of benzene rings is 2. The first-order valence-electron chi connectivity index (χ1n) is 10.0. The Bertz CT molecular complexity index is 1060. The van der Waals surface area contributed by atoms with Gasteiger partial charge < -0.3 is 19.1 Å². The molecular formula is C23H24N2O4. The number of carbonyl (C=O) groups excluding carboxylic acids is 1. The molecule has 6 heteroatoms. The van der Waals surface area contributed by atoms with E-state index in [1.54, 1.807) is 0 Å². The molecule has 150 valence electrons. The third kappa shape index (κ3) is 2.69. The first-order valence-corrected chi connectivity index (χ1v) is 10.0. The zero-order chi connectivity index (χ0) is 20.3. The number of carbonyl (C=O) groups is 1. The number of rotatable bonds is 3. The maximum atomic E-state index is 13.5. The van der Waals surface area contributed by atoms with E-state index in [2.05, 4.69) is 26.8 Å². The second-order valence-corrected chi connectivity index (χ2v) is 8.40. The number of nitrogens with zero attached hydrogens (tertiary/aromatic N) is 2. The minimum Gasteiger partial charge on any atom is -0.494 e. The third-order valence-corrected chi connectivity index (χ3v) is 5.85. The summed E-state index contributed by atoms with van der Waals surface area (Å²) in [5, 5.41) is 0. The summed E-state index contributed by atoms with van der Waals surface area (Å²) >= 11 is 0. The lowest BCUT2D eigenvalue weighted by molar-refractivity contribution is -0.113. The fourth-order valence-corrected chi connectivity index (χ4v) is 4.73. The van der Waals surface area contributed by atoms with Crippen molar-refractivity contribution >= 4 is 23.0 Å². The van der Waals surface area contributed by atoms with Crippen molar-refractivity contribution in [3.8, 4) is 17.2 Å². The van der Waals surface area contributed by atoms with Gasteiger partial charge in [-0.2, -0.15) is 0 Å². The molecule has 0 radical (unpaired) electrons. The van der Waals surface area contributed by atoms with Crippen LogP contribution < -0.4 is 19.1 Å². The number of anilines is 1. The first kappa shape index (κ1) is 18.0. The molecule has 3 aliphatic rings. The molecule has 0 bridgehead atoms. The van der Waals surface area contributed by atoms with Crippen LogP contribution in [0.4, 0.5) is 11.4 Å². The molecule has 0 saturated heterocycles. The maximum absolute atomic E-state index is 13.5. The lowest BCUT2D eigenvalue weighted by Crippen LogP contribution is -2.50. The Morgan fingerprint density at radius 3 is 2.79 bits per heavy atom. The van der Waals surface area contributed by atoms with Gasteiger partial charge in [-0.1, -0.05) is 6.92 Å². The number of hydrogen-bond acceptors (Lipinski definition) is 5. The average molecular weight is 392 g/mol. The molecule has 0 fully saturated rings. The number of fused-ring (bicyclic) bond motifs is 1. The van der Waals surface area contributed by atoms with E-state index < -0.39 is 0 Å². The van der Waals surface area contributed by atoms with E-state index in [0.717, 1.165) is 29.0 Å². The second-order valence-electron chi connectivity index (χ2n) is 8.40. The van der Waals surface area contributed by atoms with E-state index in [1.807, 2.05) is 36.1 Å². The normalized spacial score (nSPS) is 22.2. The molecule has 0 N–H and O–H groups in total. The third-order valence-electron chi connectivity index (χ3n) is 5.85. The Kier molecular flexibility index (Phi) is 3.88. The van der Waals surface area contributed by atoms with E-state index in [4.69, 9.17) is 19.2 Å². The molecular weight excluding hydrogens is 368 g/mol. The average Bonchev–Trinajstić information content (AvgIpc) is 3.23. The van der Waals surface area contributed by atoms with Gasteiger partial charge in [0.25, 0.3) is 5.91 Å². The highest BCUT2D eigenvalue weighted by Crippen LogP contribution is 2.50. The predicted molar refractivity (Wildman–Crippen MR) is 111 cm³/mol. The molecule has 0 aliphatic carbocycles. The zero-order valence-corrected chi connectivity index (χ0v) is 17.1. The zero-order valence-electron chi connectivity index (χ0n) is 17.1. The SMILES string of the molecule is CCOc1cc2c3c(c1)C(C)CC(C)(C)N3C(=O)C2=Nc1ccc2c(c1)OCO2. The van der Waals surface area contributed by atoms with Crippen LogP contribution in [0.1, 0.15) is 51.2 Å².